The number of ether oxygens (including phenoxy) is 1. The predicted molar refractivity (Wildman–Crippen MR) is 58.0 cm³/mol. The number of carbonyl (C=O) groups excluding carboxylic acids is 1. The molecule has 0 aliphatic heterocycles. The lowest BCUT2D eigenvalue weighted by Gasteiger charge is -2.28. The van der Waals surface area contributed by atoms with Gasteiger partial charge in [0.1, 0.15) is 0 Å². The van der Waals surface area contributed by atoms with Gasteiger partial charge in [0.2, 0.25) is 0 Å². The summed E-state index contributed by atoms with van der Waals surface area (Å²) in [6, 6.07) is 0. The van der Waals surface area contributed by atoms with Crippen LogP contribution in [0, 0.1) is 11.3 Å². The van der Waals surface area contributed by atoms with E-state index in [0.717, 1.165) is 12.2 Å². The van der Waals surface area contributed by atoms with E-state index in [1.165, 1.54) is 7.11 Å². The molecule has 0 rings (SSSR count). The maximum Gasteiger partial charge on any atom is 0.309 e. The molecule has 0 fully saturated rings. The van der Waals surface area contributed by atoms with Crippen LogP contribution in [0.1, 0.15) is 27.2 Å². The standard InChI is InChI=1S/C10H20O2S/c1-10(2,3)8(6-7-13-5)9(11)12-4/h8H,6-7H2,1-5H3. The first-order valence-electron chi connectivity index (χ1n) is 4.50. The number of hydrogen-bond donors (Lipinski definition) is 0. The van der Waals surface area contributed by atoms with Crippen LogP contribution in [-0.4, -0.2) is 25.1 Å². The van der Waals surface area contributed by atoms with Crippen LogP contribution in [0.5, 0.6) is 0 Å². The lowest BCUT2D eigenvalue weighted by Crippen LogP contribution is -2.30. The third-order valence-corrected chi connectivity index (χ3v) is 2.79. The summed E-state index contributed by atoms with van der Waals surface area (Å²) in [5.74, 6) is 0.948. The van der Waals surface area contributed by atoms with Crippen molar-refractivity contribution in [3.63, 3.8) is 0 Å². The Morgan fingerprint density at radius 1 is 1.46 bits per heavy atom. The minimum Gasteiger partial charge on any atom is -0.469 e. The summed E-state index contributed by atoms with van der Waals surface area (Å²) in [4.78, 5) is 11.4. The van der Waals surface area contributed by atoms with Gasteiger partial charge in [-0.15, -0.1) is 0 Å². The topological polar surface area (TPSA) is 26.3 Å². The highest BCUT2D eigenvalue weighted by Crippen LogP contribution is 2.30. The zero-order valence-electron chi connectivity index (χ0n) is 9.22. The zero-order valence-corrected chi connectivity index (χ0v) is 10.0. The molecule has 0 spiro atoms. The molecule has 3 heteroatoms. The van der Waals surface area contributed by atoms with Crippen molar-refractivity contribution in [1.82, 2.24) is 0 Å². The van der Waals surface area contributed by atoms with Gasteiger partial charge in [-0.05, 0) is 23.8 Å². The van der Waals surface area contributed by atoms with Crippen molar-refractivity contribution in [1.29, 1.82) is 0 Å². The van der Waals surface area contributed by atoms with E-state index in [1.807, 2.05) is 0 Å². The Balaban J connectivity index is 4.28. The molecule has 1 unspecified atom stereocenters. The summed E-state index contributed by atoms with van der Waals surface area (Å²) in [5.41, 5.74) is 0.00280. The van der Waals surface area contributed by atoms with Crippen molar-refractivity contribution < 1.29 is 9.53 Å². The van der Waals surface area contributed by atoms with E-state index in [0.29, 0.717) is 0 Å². The van der Waals surface area contributed by atoms with E-state index < -0.39 is 0 Å². The third-order valence-electron chi connectivity index (χ3n) is 2.14. The molecule has 0 aliphatic rings. The normalized spacial score (nSPS) is 13.9. The molecule has 0 aromatic rings. The molecular formula is C10H20O2S. The second kappa shape index (κ2) is 5.53. The molecule has 0 bridgehead atoms. The molecule has 0 heterocycles. The maximum atomic E-state index is 11.4. The SMILES string of the molecule is COC(=O)C(CCSC)C(C)(C)C. The molecular weight excluding hydrogens is 184 g/mol. The van der Waals surface area contributed by atoms with Crippen molar-refractivity contribution in [3.05, 3.63) is 0 Å². The molecule has 0 radical (unpaired) electrons. The molecule has 0 aromatic heterocycles. The van der Waals surface area contributed by atoms with Gasteiger partial charge in [-0.1, -0.05) is 20.8 Å². The molecule has 13 heavy (non-hydrogen) atoms. The van der Waals surface area contributed by atoms with Crippen molar-refractivity contribution in [2.45, 2.75) is 27.2 Å². The summed E-state index contributed by atoms with van der Waals surface area (Å²) < 4.78 is 4.79. The Bertz CT molecular complexity index is 161. The van der Waals surface area contributed by atoms with Crippen LogP contribution in [0.4, 0.5) is 0 Å². The summed E-state index contributed by atoms with van der Waals surface area (Å²) in [6.45, 7) is 6.23. The van der Waals surface area contributed by atoms with Gasteiger partial charge in [0.15, 0.2) is 0 Å². The van der Waals surface area contributed by atoms with E-state index in [-0.39, 0.29) is 17.3 Å². The van der Waals surface area contributed by atoms with Crippen LogP contribution in [0.2, 0.25) is 0 Å². The van der Waals surface area contributed by atoms with Crippen molar-refractivity contribution in [2.75, 3.05) is 19.1 Å². The van der Waals surface area contributed by atoms with Gasteiger partial charge < -0.3 is 4.74 Å². The highest BCUT2D eigenvalue weighted by atomic mass is 32.2. The largest absolute Gasteiger partial charge is 0.469 e. The average Bonchev–Trinajstić information content (AvgIpc) is 2.02. The number of methoxy groups -OCH3 is 1. The molecule has 2 nitrogen and oxygen atoms in total. The molecule has 1 atom stereocenters. The van der Waals surface area contributed by atoms with Gasteiger partial charge in [0, 0.05) is 0 Å². The third kappa shape index (κ3) is 4.55. The number of esters is 1. The van der Waals surface area contributed by atoms with Crippen molar-refractivity contribution in [2.24, 2.45) is 11.3 Å². The molecule has 0 saturated heterocycles. The van der Waals surface area contributed by atoms with E-state index in [4.69, 9.17) is 4.74 Å². The fourth-order valence-corrected chi connectivity index (χ4v) is 1.75. The number of carbonyl (C=O) groups is 1. The molecule has 0 N–H and O–H groups in total. The van der Waals surface area contributed by atoms with Crippen LogP contribution in [0.15, 0.2) is 0 Å². The summed E-state index contributed by atoms with van der Waals surface area (Å²) in [7, 11) is 1.46. The van der Waals surface area contributed by atoms with E-state index in [9.17, 15) is 4.79 Å². The Kier molecular flexibility index (Phi) is 5.45. The number of thioether (sulfide) groups is 1. The second-order valence-electron chi connectivity index (χ2n) is 4.22. The Morgan fingerprint density at radius 2 is 2.00 bits per heavy atom. The summed E-state index contributed by atoms with van der Waals surface area (Å²) >= 11 is 1.77. The molecule has 0 aromatic carbocycles. The lowest BCUT2D eigenvalue weighted by molar-refractivity contribution is -0.149. The van der Waals surface area contributed by atoms with E-state index in [2.05, 4.69) is 27.0 Å². The Hall–Kier alpha value is -0.180. The monoisotopic (exact) mass is 204 g/mol. The molecule has 0 saturated carbocycles. The second-order valence-corrected chi connectivity index (χ2v) is 5.21. The number of rotatable bonds is 4. The van der Waals surface area contributed by atoms with Crippen LogP contribution in [0.25, 0.3) is 0 Å². The van der Waals surface area contributed by atoms with Crippen LogP contribution >= 0.6 is 11.8 Å². The van der Waals surface area contributed by atoms with Crippen molar-refractivity contribution >= 4 is 17.7 Å². The fourth-order valence-electron chi connectivity index (χ4n) is 1.28. The zero-order chi connectivity index (χ0) is 10.5. The van der Waals surface area contributed by atoms with Crippen LogP contribution < -0.4 is 0 Å². The molecule has 78 valence electrons. The smallest absolute Gasteiger partial charge is 0.309 e. The van der Waals surface area contributed by atoms with Crippen molar-refractivity contribution in [3.8, 4) is 0 Å². The first-order valence-corrected chi connectivity index (χ1v) is 5.89. The lowest BCUT2D eigenvalue weighted by atomic mass is 9.79. The maximum absolute atomic E-state index is 11.4. The minimum absolute atomic E-state index is 0.00280. The van der Waals surface area contributed by atoms with Gasteiger partial charge in [-0.2, -0.15) is 11.8 Å². The molecule has 0 amide bonds. The fraction of sp³-hybridized carbons (Fsp3) is 0.900. The van der Waals surface area contributed by atoms with Gasteiger partial charge in [-0.3, -0.25) is 4.79 Å². The van der Waals surface area contributed by atoms with Gasteiger partial charge in [0.25, 0.3) is 0 Å². The van der Waals surface area contributed by atoms with Gasteiger partial charge >= 0.3 is 5.97 Å². The average molecular weight is 204 g/mol. The summed E-state index contributed by atoms with van der Waals surface area (Å²) in [6.07, 6.45) is 2.95. The Labute approximate surface area is 85.4 Å². The van der Waals surface area contributed by atoms with Gasteiger partial charge in [0.05, 0.1) is 13.0 Å². The highest BCUT2D eigenvalue weighted by Gasteiger charge is 2.31. The highest BCUT2D eigenvalue weighted by molar-refractivity contribution is 7.98. The number of hydrogen-bond acceptors (Lipinski definition) is 3. The Morgan fingerprint density at radius 3 is 2.31 bits per heavy atom. The van der Waals surface area contributed by atoms with Gasteiger partial charge in [-0.25, -0.2) is 0 Å². The van der Waals surface area contributed by atoms with Crippen LogP contribution in [-0.2, 0) is 9.53 Å². The minimum atomic E-state index is -0.0819. The van der Waals surface area contributed by atoms with E-state index >= 15 is 0 Å². The predicted octanol–water partition coefficient (Wildman–Crippen LogP) is 2.57. The van der Waals surface area contributed by atoms with E-state index in [1.54, 1.807) is 11.8 Å². The molecule has 0 aliphatic carbocycles. The first-order chi connectivity index (χ1) is 5.93. The van der Waals surface area contributed by atoms with Crippen LogP contribution in [0.3, 0.4) is 0 Å². The summed E-state index contributed by atoms with van der Waals surface area (Å²) in [5, 5.41) is 0. The first kappa shape index (κ1) is 12.8. The quantitative estimate of drug-likeness (QED) is 0.658.